The van der Waals surface area contributed by atoms with E-state index in [9.17, 15) is 9.18 Å². The first kappa shape index (κ1) is 11.7. The highest BCUT2D eigenvalue weighted by molar-refractivity contribution is 9.10. The van der Waals surface area contributed by atoms with Gasteiger partial charge in [0.05, 0.1) is 11.9 Å². The average molecular weight is 296 g/mol. The van der Waals surface area contributed by atoms with E-state index < -0.39 is 11.7 Å². The molecule has 0 fully saturated rings. The second-order valence-electron chi connectivity index (χ2n) is 3.17. The molecule has 2 aromatic rings. The van der Waals surface area contributed by atoms with Crippen molar-refractivity contribution in [3.05, 3.63) is 52.8 Å². The Bertz CT molecular complexity index is 548. The first-order valence-electron chi connectivity index (χ1n) is 4.69. The molecule has 0 unspecified atom stereocenters. The first-order chi connectivity index (χ1) is 8.16. The Morgan fingerprint density at radius 2 is 2.18 bits per heavy atom. The van der Waals surface area contributed by atoms with Crippen LogP contribution < -0.4 is 5.32 Å². The molecule has 4 nitrogen and oxygen atoms in total. The normalized spacial score (nSPS) is 10.0. The lowest BCUT2D eigenvalue weighted by Gasteiger charge is -2.05. The predicted octanol–water partition coefficient (Wildman–Crippen LogP) is 2.63. The van der Waals surface area contributed by atoms with Crippen LogP contribution in [0.3, 0.4) is 0 Å². The summed E-state index contributed by atoms with van der Waals surface area (Å²) in [5, 5.41) is 2.42. The van der Waals surface area contributed by atoms with E-state index >= 15 is 0 Å². The number of benzene rings is 1. The van der Waals surface area contributed by atoms with Crippen LogP contribution in [0.2, 0.25) is 0 Å². The maximum Gasteiger partial charge on any atom is 0.275 e. The number of nitrogens with one attached hydrogen (secondary N) is 1. The van der Waals surface area contributed by atoms with Crippen LogP contribution in [0.1, 0.15) is 10.5 Å². The van der Waals surface area contributed by atoms with Gasteiger partial charge in [-0.15, -0.1) is 0 Å². The highest BCUT2D eigenvalue weighted by atomic mass is 79.9. The second kappa shape index (κ2) is 5.01. The van der Waals surface area contributed by atoms with Gasteiger partial charge < -0.3 is 5.32 Å². The number of rotatable bonds is 2. The molecule has 86 valence electrons. The lowest BCUT2D eigenvalue weighted by atomic mass is 10.3. The maximum atomic E-state index is 13.4. The van der Waals surface area contributed by atoms with E-state index in [0.717, 1.165) is 0 Å². The second-order valence-corrected chi connectivity index (χ2v) is 4.08. The van der Waals surface area contributed by atoms with Crippen molar-refractivity contribution in [2.75, 3.05) is 5.32 Å². The number of amides is 1. The summed E-state index contributed by atoms with van der Waals surface area (Å²) >= 11 is 3.13. The van der Waals surface area contributed by atoms with Crippen LogP contribution in [0.4, 0.5) is 10.1 Å². The van der Waals surface area contributed by atoms with Gasteiger partial charge in [0.2, 0.25) is 0 Å². The molecule has 0 spiro atoms. The van der Waals surface area contributed by atoms with E-state index in [4.69, 9.17) is 0 Å². The van der Waals surface area contributed by atoms with Crippen molar-refractivity contribution in [2.45, 2.75) is 0 Å². The standard InChI is InChI=1S/C11H7BrFN3O/c12-7-1-2-9(8(13)5-7)16-11(17)10-6-14-3-4-15-10/h1-6H,(H,16,17). The van der Waals surface area contributed by atoms with Crippen molar-refractivity contribution in [1.29, 1.82) is 0 Å². The van der Waals surface area contributed by atoms with E-state index in [-0.39, 0.29) is 11.4 Å². The van der Waals surface area contributed by atoms with Gasteiger partial charge in [-0.1, -0.05) is 15.9 Å². The molecule has 1 aromatic heterocycles. The number of nitrogens with zero attached hydrogens (tertiary/aromatic N) is 2. The van der Waals surface area contributed by atoms with Crippen molar-refractivity contribution < 1.29 is 9.18 Å². The summed E-state index contributed by atoms with van der Waals surface area (Å²) in [6, 6.07) is 4.37. The van der Waals surface area contributed by atoms with Crippen molar-refractivity contribution in [3.8, 4) is 0 Å². The van der Waals surface area contributed by atoms with Crippen LogP contribution in [-0.4, -0.2) is 15.9 Å². The highest BCUT2D eigenvalue weighted by Gasteiger charge is 2.10. The van der Waals surface area contributed by atoms with Gasteiger partial charge in [-0.2, -0.15) is 0 Å². The summed E-state index contributed by atoms with van der Waals surface area (Å²) in [6.45, 7) is 0. The van der Waals surface area contributed by atoms with Crippen LogP contribution in [0.15, 0.2) is 41.3 Å². The summed E-state index contributed by atoms with van der Waals surface area (Å²) in [7, 11) is 0. The summed E-state index contributed by atoms with van der Waals surface area (Å²) in [5.74, 6) is -1.02. The minimum atomic E-state index is -0.517. The summed E-state index contributed by atoms with van der Waals surface area (Å²) in [6.07, 6.45) is 4.16. The Balaban J connectivity index is 2.19. The molecule has 0 saturated carbocycles. The zero-order chi connectivity index (χ0) is 12.3. The molecule has 0 saturated heterocycles. The van der Waals surface area contributed by atoms with E-state index in [0.29, 0.717) is 4.47 Å². The number of carbonyl (C=O) groups is 1. The fourth-order valence-corrected chi connectivity index (χ4v) is 1.53. The first-order valence-corrected chi connectivity index (χ1v) is 5.48. The van der Waals surface area contributed by atoms with Gasteiger partial charge in [-0.25, -0.2) is 9.37 Å². The molecule has 17 heavy (non-hydrogen) atoms. The number of anilines is 1. The predicted molar refractivity (Wildman–Crippen MR) is 64.1 cm³/mol. The van der Waals surface area contributed by atoms with E-state index in [1.807, 2.05) is 0 Å². The molecular formula is C11H7BrFN3O. The van der Waals surface area contributed by atoms with Crippen LogP contribution in [0.5, 0.6) is 0 Å². The van der Waals surface area contributed by atoms with Crippen LogP contribution in [0, 0.1) is 5.82 Å². The van der Waals surface area contributed by atoms with Crippen LogP contribution in [-0.2, 0) is 0 Å². The minimum absolute atomic E-state index is 0.101. The Hall–Kier alpha value is -1.82. The highest BCUT2D eigenvalue weighted by Crippen LogP contribution is 2.19. The molecule has 1 heterocycles. The molecule has 1 N–H and O–H groups in total. The van der Waals surface area contributed by atoms with Gasteiger partial charge in [0.25, 0.3) is 5.91 Å². The molecule has 2 rings (SSSR count). The van der Waals surface area contributed by atoms with Gasteiger partial charge in [-0.05, 0) is 18.2 Å². The summed E-state index contributed by atoms with van der Waals surface area (Å²) in [5.41, 5.74) is 0.235. The van der Waals surface area contributed by atoms with Gasteiger partial charge in [0.15, 0.2) is 0 Å². The number of aromatic nitrogens is 2. The fourth-order valence-electron chi connectivity index (χ4n) is 1.19. The third kappa shape index (κ3) is 2.85. The Kier molecular flexibility index (Phi) is 3.43. The number of carbonyl (C=O) groups excluding carboxylic acids is 1. The smallest absolute Gasteiger partial charge is 0.275 e. The molecule has 0 aliphatic heterocycles. The van der Waals surface area contributed by atoms with E-state index in [2.05, 4.69) is 31.2 Å². The van der Waals surface area contributed by atoms with Crippen molar-refractivity contribution >= 4 is 27.5 Å². The molecule has 1 amide bonds. The van der Waals surface area contributed by atoms with Gasteiger partial charge in [-0.3, -0.25) is 9.78 Å². The average Bonchev–Trinajstić information content (AvgIpc) is 2.34. The summed E-state index contributed by atoms with van der Waals surface area (Å²) < 4.78 is 14.0. The minimum Gasteiger partial charge on any atom is -0.318 e. The zero-order valence-electron chi connectivity index (χ0n) is 8.52. The lowest BCUT2D eigenvalue weighted by molar-refractivity contribution is 0.102. The maximum absolute atomic E-state index is 13.4. The lowest BCUT2D eigenvalue weighted by Crippen LogP contribution is -2.14. The van der Waals surface area contributed by atoms with E-state index in [1.165, 1.54) is 30.7 Å². The van der Waals surface area contributed by atoms with Gasteiger partial charge in [0.1, 0.15) is 11.5 Å². The molecule has 0 aliphatic rings. The van der Waals surface area contributed by atoms with Crippen LogP contribution >= 0.6 is 15.9 Å². The SMILES string of the molecule is O=C(Nc1ccc(Br)cc1F)c1cnccn1. The Morgan fingerprint density at radius 1 is 1.35 bits per heavy atom. The number of hydrogen-bond donors (Lipinski definition) is 1. The van der Waals surface area contributed by atoms with Crippen molar-refractivity contribution in [3.63, 3.8) is 0 Å². The molecule has 1 aromatic carbocycles. The van der Waals surface area contributed by atoms with E-state index in [1.54, 1.807) is 6.07 Å². The van der Waals surface area contributed by atoms with Crippen LogP contribution in [0.25, 0.3) is 0 Å². The third-order valence-electron chi connectivity index (χ3n) is 1.98. The fraction of sp³-hybridized carbons (Fsp3) is 0. The molecule has 0 aliphatic carbocycles. The molecule has 0 atom stereocenters. The zero-order valence-corrected chi connectivity index (χ0v) is 10.1. The third-order valence-corrected chi connectivity index (χ3v) is 2.47. The molecule has 0 bridgehead atoms. The van der Waals surface area contributed by atoms with Crippen molar-refractivity contribution in [1.82, 2.24) is 9.97 Å². The Morgan fingerprint density at radius 3 is 2.82 bits per heavy atom. The monoisotopic (exact) mass is 295 g/mol. The molecule has 6 heteroatoms. The number of hydrogen-bond acceptors (Lipinski definition) is 3. The molecule has 0 radical (unpaired) electrons. The van der Waals surface area contributed by atoms with Gasteiger partial charge >= 0.3 is 0 Å². The number of halogens is 2. The van der Waals surface area contributed by atoms with Crippen molar-refractivity contribution in [2.24, 2.45) is 0 Å². The topological polar surface area (TPSA) is 54.9 Å². The van der Waals surface area contributed by atoms with Gasteiger partial charge in [0, 0.05) is 16.9 Å². The largest absolute Gasteiger partial charge is 0.318 e. The summed E-state index contributed by atoms with van der Waals surface area (Å²) in [4.78, 5) is 19.2. The quantitative estimate of drug-likeness (QED) is 0.927. The Labute approximate surface area is 105 Å². The molecular weight excluding hydrogens is 289 g/mol.